The van der Waals surface area contributed by atoms with Crippen LogP contribution in [-0.2, 0) is 52.1 Å². The van der Waals surface area contributed by atoms with E-state index in [1.54, 1.807) is 0 Å². The summed E-state index contributed by atoms with van der Waals surface area (Å²) in [4.78, 5) is 0. The Morgan fingerprint density at radius 2 is 0.392 bits per heavy atom. The van der Waals surface area contributed by atoms with Crippen LogP contribution < -0.4 is 0 Å². The second kappa shape index (κ2) is 49.5. The minimum Gasteiger partial charge on any atom is -0.394 e. The first-order chi connectivity index (χ1) is 25.4. The lowest BCUT2D eigenvalue weighted by molar-refractivity contribution is -0.0278. The highest BCUT2D eigenvalue weighted by molar-refractivity contribution is 4.50. The number of hydrogen-bond donors (Lipinski definition) is 1. The Labute approximate surface area is 312 Å². The third kappa shape index (κ3) is 49.5. The molecule has 1 N–H and O–H groups in total. The van der Waals surface area contributed by atoms with Gasteiger partial charge < -0.3 is 57.2 Å². The van der Waals surface area contributed by atoms with Gasteiger partial charge in [0.2, 0.25) is 0 Å². The van der Waals surface area contributed by atoms with Crippen LogP contribution in [0.4, 0.5) is 0 Å². The van der Waals surface area contributed by atoms with Crippen molar-refractivity contribution < 1.29 is 57.2 Å². The van der Waals surface area contributed by atoms with Crippen molar-refractivity contribution in [3.8, 4) is 0 Å². The van der Waals surface area contributed by atoms with Gasteiger partial charge >= 0.3 is 0 Å². The molecular formula is C39H80O12. The maximum Gasteiger partial charge on any atom is 0.0701 e. The zero-order valence-electron chi connectivity index (χ0n) is 32.8. The van der Waals surface area contributed by atoms with E-state index in [9.17, 15) is 0 Å². The predicted octanol–water partition coefficient (Wildman–Crippen LogP) is 6.03. The van der Waals surface area contributed by atoms with Crippen LogP contribution in [0.1, 0.15) is 103 Å². The third-order valence-electron chi connectivity index (χ3n) is 7.85. The Kier molecular flexibility index (Phi) is 49.1. The van der Waals surface area contributed by atoms with Gasteiger partial charge in [0, 0.05) is 6.61 Å². The zero-order valence-corrected chi connectivity index (χ0v) is 32.8. The first kappa shape index (κ1) is 50.5. The molecule has 0 saturated carbocycles. The van der Waals surface area contributed by atoms with Crippen molar-refractivity contribution in [3.05, 3.63) is 0 Å². The second-order valence-corrected chi connectivity index (χ2v) is 12.4. The van der Waals surface area contributed by atoms with Crippen LogP contribution in [0.25, 0.3) is 0 Å². The summed E-state index contributed by atoms with van der Waals surface area (Å²) in [5, 5.41) is 8.59. The van der Waals surface area contributed by atoms with Gasteiger partial charge in [-0.3, -0.25) is 0 Å². The number of unbranched alkanes of at least 4 members (excludes halogenated alkanes) is 14. The predicted molar refractivity (Wildman–Crippen MR) is 201 cm³/mol. The minimum absolute atomic E-state index is 0.0286. The highest BCUT2D eigenvalue weighted by Crippen LogP contribution is 2.13. The number of hydrogen-bond acceptors (Lipinski definition) is 12. The standard InChI is InChI=1S/C39H80O12/c1-2-3-4-5-6-7-8-9-10-11-12-13-14-15-16-18-41-20-22-43-24-26-45-28-30-47-32-34-49-36-38-51-39-37-50-35-33-48-31-29-46-27-25-44-23-21-42-19-17-40/h40H,2-39H2,1H3. The third-order valence-corrected chi connectivity index (χ3v) is 7.85. The molecule has 0 aromatic carbocycles. The molecule has 12 nitrogen and oxygen atoms in total. The SMILES string of the molecule is CCCCCCCCCCCCCCCCCOCCOCCOCCOCCOCCOCCOCCOCCOCCOCCOCCO. The molecule has 0 radical (unpaired) electrons. The number of ether oxygens (including phenoxy) is 11. The molecule has 0 aromatic heterocycles. The molecule has 0 aliphatic heterocycles. The van der Waals surface area contributed by atoms with Crippen LogP contribution in [0.3, 0.4) is 0 Å². The summed E-state index contributed by atoms with van der Waals surface area (Å²) in [7, 11) is 0. The molecule has 0 rings (SSSR count). The number of rotatable bonds is 48. The Balaban J connectivity index is 3.04. The van der Waals surface area contributed by atoms with E-state index in [4.69, 9.17) is 57.2 Å². The van der Waals surface area contributed by atoms with Gasteiger partial charge in [0.15, 0.2) is 0 Å². The Hall–Kier alpha value is -0.480. The molecule has 0 saturated heterocycles. The molecule has 0 fully saturated rings. The fourth-order valence-corrected chi connectivity index (χ4v) is 4.94. The molecule has 0 aromatic rings. The molecule has 0 atom stereocenters. The Bertz CT molecular complexity index is 542. The summed E-state index contributed by atoms with van der Waals surface area (Å²) < 4.78 is 60.1. The molecule has 0 unspecified atom stereocenters. The fourth-order valence-electron chi connectivity index (χ4n) is 4.94. The lowest BCUT2D eigenvalue weighted by Gasteiger charge is -2.09. The van der Waals surface area contributed by atoms with Gasteiger partial charge in [0.05, 0.1) is 145 Å². The van der Waals surface area contributed by atoms with Gasteiger partial charge in [-0.25, -0.2) is 0 Å². The molecule has 0 spiro atoms. The number of aliphatic hydroxyl groups is 1. The van der Waals surface area contributed by atoms with Crippen LogP contribution >= 0.6 is 0 Å². The van der Waals surface area contributed by atoms with Crippen LogP contribution in [-0.4, -0.2) is 157 Å². The van der Waals surface area contributed by atoms with Crippen molar-refractivity contribution in [2.75, 3.05) is 152 Å². The van der Waals surface area contributed by atoms with E-state index in [0.29, 0.717) is 139 Å². The van der Waals surface area contributed by atoms with Gasteiger partial charge in [-0.05, 0) is 6.42 Å². The van der Waals surface area contributed by atoms with Gasteiger partial charge in [0.1, 0.15) is 0 Å². The van der Waals surface area contributed by atoms with Crippen molar-refractivity contribution in [3.63, 3.8) is 0 Å². The van der Waals surface area contributed by atoms with E-state index < -0.39 is 0 Å². The smallest absolute Gasteiger partial charge is 0.0701 e. The zero-order chi connectivity index (χ0) is 36.6. The summed E-state index contributed by atoms with van der Waals surface area (Å²) in [6, 6.07) is 0. The maximum absolute atomic E-state index is 8.59. The molecule has 51 heavy (non-hydrogen) atoms. The van der Waals surface area contributed by atoms with Gasteiger partial charge in [0.25, 0.3) is 0 Å². The molecule has 0 bridgehead atoms. The Morgan fingerprint density at radius 3 is 0.608 bits per heavy atom. The second-order valence-electron chi connectivity index (χ2n) is 12.4. The van der Waals surface area contributed by atoms with Gasteiger partial charge in [-0.1, -0.05) is 96.8 Å². The van der Waals surface area contributed by atoms with Gasteiger partial charge in [-0.15, -0.1) is 0 Å². The quantitative estimate of drug-likeness (QED) is 0.0734. The van der Waals surface area contributed by atoms with E-state index in [1.165, 1.54) is 89.9 Å². The van der Waals surface area contributed by atoms with Gasteiger partial charge in [-0.2, -0.15) is 0 Å². The summed E-state index contributed by atoms with van der Waals surface area (Å²) in [5.41, 5.74) is 0. The minimum atomic E-state index is 0.0286. The average Bonchev–Trinajstić information content (AvgIpc) is 3.14. The van der Waals surface area contributed by atoms with E-state index in [1.807, 2.05) is 0 Å². The summed E-state index contributed by atoms with van der Waals surface area (Å²) in [6.07, 6.45) is 20.7. The largest absolute Gasteiger partial charge is 0.394 e. The maximum atomic E-state index is 8.59. The molecule has 0 heterocycles. The summed E-state index contributed by atoms with van der Waals surface area (Å²) >= 11 is 0. The lowest BCUT2D eigenvalue weighted by atomic mass is 10.0. The fraction of sp³-hybridized carbons (Fsp3) is 1.00. The van der Waals surface area contributed by atoms with E-state index in [0.717, 1.165) is 13.0 Å². The summed E-state index contributed by atoms with van der Waals surface area (Å²) in [5.74, 6) is 0. The molecule has 0 amide bonds. The van der Waals surface area contributed by atoms with Crippen molar-refractivity contribution in [2.45, 2.75) is 103 Å². The van der Waals surface area contributed by atoms with Crippen LogP contribution in [0.2, 0.25) is 0 Å². The first-order valence-electron chi connectivity index (χ1n) is 20.4. The molecular weight excluding hydrogens is 660 g/mol. The summed E-state index contributed by atoms with van der Waals surface area (Å²) in [6.45, 7) is 14.1. The van der Waals surface area contributed by atoms with Crippen molar-refractivity contribution in [1.82, 2.24) is 0 Å². The topological polar surface area (TPSA) is 122 Å². The highest BCUT2D eigenvalue weighted by atomic mass is 16.6. The molecule has 0 aliphatic carbocycles. The van der Waals surface area contributed by atoms with E-state index >= 15 is 0 Å². The lowest BCUT2D eigenvalue weighted by Crippen LogP contribution is -2.15. The highest BCUT2D eigenvalue weighted by Gasteiger charge is 1.98. The average molecular weight is 741 g/mol. The molecule has 0 aliphatic rings. The van der Waals surface area contributed by atoms with Crippen molar-refractivity contribution in [2.24, 2.45) is 0 Å². The first-order valence-corrected chi connectivity index (χ1v) is 20.4. The van der Waals surface area contributed by atoms with Crippen LogP contribution in [0.15, 0.2) is 0 Å². The normalized spacial score (nSPS) is 11.6. The van der Waals surface area contributed by atoms with Crippen LogP contribution in [0, 0.1) is 0 Å². The van der Waals surface area contributed by atoms with E-state index in [-0.39, 0.29) is 6.61 Å². The van der Waals surface area contributed by atoms with Crippen LogP contribution in [0.5, 0.6) is 0 Å². The van der Waals surface area contributed by atoms with E-state index in [2.05, 4.69) is 6.92 Å². The Morgan fingerprint density at radius 1 is 0.216 bits per heavy atom. The number of aliphatic hydroxyl groups excluding tert-OH is 1. The molecule has 12 heteroatoms. The van der Waals surface area contributed by atoms with Crippen molar-refractivity contribution in [1.29, 1.82) is 0 Å². The van der Waals surface area contributed by atoms with Crippen molar-refractivity contribution >= 4 is 0 Å². The molecule has 308 valence electrons. The monoisotopic (exact) mass is 741 g/mol.